The summed E-state index contributed by atoms with van der Waals surface area (Å²) in [6.45, 7) is 10.6. The number of hydrogen-bond acceptors (Lipinski definition) is 6. The summed E-state index contributed by atoms with van der Waals surface area (Å²) in [5.41, 5.74) is 0. The van der Waals surface area contributed by atoms with E-state index in [1.807, 2.05) is 20.8 Å². The summed E-state index contributed by atoms with van der Waals surface area (Å²) in [5.74, 6) is 2.19. The Morgan fingerprint density at radius 2 is 2.20 bits per heavy atom. The lowest BCUT2D eigenvalue weighted by Gasteiger charge is -2.14. The lowest BCUT2D eigenvalue weighted by atomic mass is 10.1. The van der Waals surface area contributed by atoms with E-state index in [1.165, 1.54) is 4.88 Å². The maximum absolute atomic E-state index is 5.46. The van der Waals surface area contributed by atoms with E-state index in [2.05, 4.69) is 50.2 Å². The van der Waals surface area contributed by atoms with Crippen LogP contribution in [-0.4, -0.2) is 35.8 Å². The average Bonchev–Trinajstić information content (AvgIpc) is 3.29. The highest BCUT2D eigenvalue weighted by molar-refractivity contribution is 7.10. The number of rotatable bonds is 9. The second-order valence-electron chi connectivity index (χ2n) is 5.64. The molecule has 0 saturated carbocycles. The van der Waals surface area contributed by atoms with Crippen LogP contribution in [0.4, 0.5) is 0 Å². The smallest absolute Gasteiger partial charge is 0.248 e. The van der Waals surface area contributed by atoms with Crippen molar-refractivity contribution in [1.29, 1.82) is 0 Å². The van der Waals surface area contributed by atoms with Gasteiger partial charge < -0.3 is 19.9 Å². The maximum atomic E-state index is 5.46. The Kier molecular flexibility index (Phi) is 7.87. The molecule has 138 valence electrons. The minimum atomic E-state index is -0.176. The molecule has 7 nitrogen and oxygen atoms in total. The standard InChI is InChI=1S/C17H27N5O2S/c1-5-18-17(19-10-12(3)14-8-7-9-25-14)20-11-15-21-16(22-24-15)13(4)23-6-2/h7-9,12-13H,5-6,10-11H2,1-4H3,(H2,18,19,20). The minimum Gasteiger partial charge on any atom is -0.371 e. The third-order valence-electron chi connectivity index (χ3n) is 3.59. The van der Waals surface area contributed by atoms with Gasteiger partial charge in [0.05, 0.1) is 0 Å². The molecule has 25 heavy (non-hydrogen) atoms. The summed E-state index contributed by atoms with van der Waals surface area (Å²) >= 11 is 1.77. The second-order valence-corrected chi connectivity index (χ2v) is 6.62. The molecular weight excluding hydrogens is 338 g/mol. The fourth-order valence-electron chi connectivity index (χ4n) is 2.23. The van der Waals surface area contributed by atoms with Crippen LogP contribution >= 0.6 is 11.3 Å². The second kappa shape index (κ2) is 10.1. The van der Waals surface area contributed by atoms with Gasteiger partial charge in [0.25, 0.3) is 0 Å². The third kappa shape index (κ3) is 6.13. The molecule has 0 radical (unpaired) electrons. The van der Waals surface area contributed by atoms with E-state index < -0.39 is 0 Å². The molecular formula is C17H27N5O2S. The van der Waals surface area contributed by atoms with Gasteiger partial charge in [0.15, 0.2) is 11.8 Å². The summed E-state index contributed by atoms with van der Waals surface area (Å²) in [5, 5.41) is 12.6. The van der Waals surface area contributed by atoms with Crippen LogP contribution in [0.15, 0.2) is 27.0 Å². The number of nitrogens with zero attached hydrogens (tertiary/aromatic N) is 3. The van der Waals surface area contributed by atoms with E-state index in [4.69, 9.17) is 9.26 Å². The molecule has 2 rings (SSSR count). The van der Waals surface area contributed by atoms with E-state index in [0.29, 0.717) is 30.8 Å². The van der Waals surface area contributed by atoms with Crippen LogP contribution in [0.2, 0.25) is 0 Å². The average molecular weight is 366 g/mol. The monoisotopic (exact) mass is 365 g/mol. The van der Waals surface area contributed by atoms with Crippen molar-refractivity contribution in [3.8, 4) is 0 Å². The Morgan fingerprint density at radius 3 is 2.88 bits per heavy atom. The van der Waals surface area contributed by atoms with Crippen molar-refractivity contribution >= 4 is 17.3 Å². The molecule has 2 heterocycles. The Balaban J connectivity index is 1.90. The van der Waals surface area contributed by atoms with Crippen molar-refractivity contribution in [2.45, 2.75) is 46.3 Å². The zero-order valence-corrected chi connectivity index (χ0v) is 16.1. The summed E-state index contributed by atoms with van der Waals surface area (Å²) in [6, 6.07) is 4.23. The Bertz CT molecular complexity index is 641. The van der Waals surface area contributed by atoms with Crippen LogP contribution in [0.3, 0.4) is 0 Å². The van der Waals surface area contributed by atoms with Gasteiger partial charge in [-0.25, -0.2) is 4.99 Å². The highest BCUT2D eigenvalue weighted by Crippen LogP contribution is 2.19. The molecule has 0 amide bonds. The topological polar surface area (TPSA) is 84.6 Å². The summed E-state index contributed by atoms with van der Waals surface area (Å²) in [7, 11) is 0. The van der Waals surface area contributed by atoms with E-state index in [1.54, 1.807) is 11.3 Å². The number of aliphatic imine (C=N–C) groups is 1. The van der Waals surface area contributed by atoms with Gasteiger partial charge in [-0.05, 0) is 32.2 Å². The Morgan fingerprint density at radius 1 is 1.36 bits per heavy atom. The molecule has 8 heteroatoms. The zero-order chi connectivity index (χ0) is 18.1. The number of hydrogen-bond donors (Lipinski definition) is 2. The quantitative estimate of drug-likeness (QED) is 0.525. The maximum Gasteiger partial charge on any atom is 0.248 e. The fourth-order valence-corrected chi connectivity index (χ4v) is 3.02. The van der Waals surface area contributed by atoms with E-state index >= 15 is 0 Å². The molecule has 0 aliphatic rings. The Labute approximate surface area is 152 Å². The first-order chi connectivity index (χ1) is 12.1. The summed E-state index contributed by atoms with van der Waals surface area (Å²) < 4.78 is 10.7. The summed E-state index contributed by atoms with van der Waals surface area (Å²) in [4.78, 5) is 10.2. The molecule has 2 unspecified atom stereocenters. The van der Waals surface area contributed by atoms with Crippen LogP contribution in [-0.2, 0) is 11.3 Å². The van der Waals surface area contributed by atoms with E-state index in [9.17, 15) is 0 Å². The molecule has 0 aromatic carbocycles. The lowest BCUT2D eigenvalue weighted by Crippen LogP contribution is -2.39. The van der Waals surface area contributed by atoms with E-state index in [-0.39, 0.29) is 6.10 Å². The highest BCUT2D eigenvalue weighted by atomic mass is 32.1. The number of thiophene rings is 1. The molecule has 0 spiro atoms. The van der Waals surface area contributed by atoms with Crippen molar-refractivity contribution < 1.29 is 9.26 Å². The lowest BCUT2D eigenvalue weighted by molar-refractivity contribution is 0.0683. The molecule has 2 aromatic rings. The Hall–Kier alpha value is -1.93. The third-order valence-corrected chi connectivity index (χ3v) is 4.69. The molecule has 2 aromatic heterocycles. The molecule has 0 aliphatic heterocycles. The molecule has 0 bridgehead atoms. The van der Waals surface area contributed by atoms with Gasteiger partial charge in [-0.3, -0.25) is 0 Å². The van der Waals surface area contributed by atoms with Gasteiger partial charge in [0, 0.05) is 30.5 Å². The van der Waals surface area contributed by atoms with Crippen molar-refractivity contribution in [2.75, 3.05) is 19.7 Å². The van der Waals surface area contributed by atoms with Crippen molar-refractivity contribution in [3.05, 3.63) is 34.1 Å². The molecule has 2 atom stereocenters. The summed E-state index contributed by atoms with van der Waals surface area (Å²) in [6.07, 6.45) is -0.176. The van der Waals surface area contributed by atoms with Gasteiger partial charge in [-0.2, -0.15) is 4.98 Å². The molecule has 0 fully saturated rings. The van der Waals surface area contributed by atoms with Gasteiger partial charge in [0.2, 0.25) is 5.89 Å². The van der Waals surface area contributed by atoms with Crippen LogP contribution in [0.5, 0.6) is 0 Å². The van der Waals surface area contributed by atoms with Crippen LogP contribution < -0.4 is 10.6 Å². The molecule has 0 saturated heterocycles. The van der Waals surface area contributed by atoms with Crippen molar-refractivity contribution in [1.82, 2.24) is 20.8 Å². The first-order valence-electron chi connectivity index (χ1n) is 8.63. The minimum absolute atomic E-state index is 0.176. The van der Waals surface area contributed by atoms with Gasteiger partial charge in [-0.15, -0.1) is 11.3 Å². The predicted molar refractivity (Wildman–Crippen MR) is 99.9 cm³/mol. The van der Waals surface area contributed by atoms with Crippen molar-refractivity contribution in [3.63, 3.8) is 0 Å². The number of guanidine groups is 1. The normalized spacial score (nSPS) is 14.3. The van der Waals surface area contributed by atoms with Crippen LogP contribution in [0.25, 0.3) is 0 Å². The van der Waals surface area contributed by atoms with Crippen molar-refractivity contribution in [2.24, 2.45) is 4.99 Å². The number of ether oxygens (including phenoxy) is 1. The number of aromatic nitrogens is 2. The molecule has 0 aliphatic carbocycles. The van der Waals surface area contributed by atoms with Gasteiger partial charge >= 0.3 is 0 Å². The van der Waals surface area contributed by atoms with Crippen LogP contribution in [0, 0.1) is 0 Å². The van der Waals surface area contributed by atoms with E-state index in [0.717, 1.165) is 19.0 Å². The van der Waals surface area contributed by atoms with Crippen LogP contribution in [0.1, 0.15) is 56.3 Å². The first-order valence-corrected chi connectivity index (χ1v) is 9.51. The largest absolute Gasteiger partial charge is 0.371 e. The zero-order valence-electron chi connectivity index (χ0n) is 15.3. The predicted octanol–water partition coefficient (Wildman–Crippen LogP) is 3.09. The molecule has 2 N–H and O–H groups in total. The first kappa shape index (κ1) is 19.4. The van der Waals surface area contributed by atoms with Gasteiger partial charge in [-0.1, -0.05) is 18.1 Å². The highest BCUT2D eigenvalue weighted by Gasteiger charge is 2.13. The SMILES string of the molecule is CCNC(=NCc1nc(C(C)OCC)no1)NCC(C)c1cccs1. The number of nitrogens with one attached hydrogen (secondary N) is 2. The fraction of sp³-hybridized carbons (Fsp3) is 0.588. The van der Waals surface area contributed by atoms with Gasteiger partial charge in [0.1, 0.15) is 12.6 Å².